The maximum absolute atomic E-state index is 3.90. The van der Waals surface area contributed by atoms with E-state index in [2.05, 4.69) is 67.6 Å². The van der Waals surface area contributed by atoms with Gasteiger partial charge in [-0.15, -0.1) is 13.2 Å². The fourth-order valence-corrected chi connectivity index (χ4v) is 1.98. The van der Waals surface area contributed by atoms with E-state index in [1.165, 1.54) is 63.6 Å². The normalized spacial score (nSPS) is 9.88. The van der Waals surface area contributed by atoms with Crippen molar-refractivity contribution in [3.8, 4) is 0 Å². The molecule has 0 heterocycles. The molecule has 0 saturated carbocycles. The Bertz CT molecular complexity index is 297. The molecule has 0 aromatic carbocycles. The Kier molecular flexibility index (Phi) is 80.6. The zero-order chi connectivity index (χ0) is 26.0. The van der Waals surface area contributed by atoms with E-state index in [1.54, 1.807) is 0 Å². The van der Waals surface area contributed by atoms with Crippen molar-refractivity contribution in [2.75, 3.05) is 20.1 Å². The predicted molar refractivity (Wildman–Crippen MR) is 154 cm³/mol. The van der Waals surface area contributed by atoms with Crippen molar-refractivity contribution in [3.63, 3.8) is 0 Å². The molecule has 1 atom stereocenters. The van der Waals surface area contributed by atoms with E-state index in [0.29, 0.717) is 0 Å². The predicted octanol–water partition coefficient (Wildman–Crippen LogP) is 11.2. The second-order valence-corrected chi connectivity index (χ2v) is 7.46. The first-order chi connectivity index (χ1) is 14.8. The van der Waals surface area contributed by atoms with Gasteiger partial charge in [-0.2, -0.15) is 6.42 Å². The average Bonchev–Trinajstić information content (AvgIpc) is 2.79. The minimum atomic E-state index is 0. The van der Waals surface area contributed by atoms with Gasteiger partial charge in [0.05, 0.1) is 26.3 Å². The zero-order valence-electron chi connectivity index (χ0n) is 24.9. The van der Waals surface area contributed by atoms with Crippen molar-refractivity contribution in [2.24, 2.45) is 0 Å². The number of unbranched alkanes of at least 4 members (excludes halogenated alkanes) is 5. The molecule has 1 radical (unpaired) electrons. The van der Waals surface area contributed by atoms with Crippen molar-refractivity contribution < 1.29 is 23.0 Å². The average molecular weight is 493 g/mol. The van der Waals surface area contributed by atoms with Crippen LogP contribution in [-0.4, -0.2) is 24.6 Å². The zero-order valence-corrected chi connectivity index (χ0v) is 26.3. The third-order valence-corrected chi connectivity index (χ3v) is 3.96. The van der Waals surface area contributed by atoms with Crippen LogP contribution in [0.15, 0.2) is 37.6 Å². The molecule has 0 aromatic rings. The van der Waals surface area contributed by atoms with Crippen molar-refractivity contribution in [1.29, 1.82) is 0 Å². The number of hydrogen-bond acceptors (Lipinski definition) is 0. The fraction of sp³-hybridized carbons (Fsp3) is 0.767. The SMILES string of the molecule is C=CCCC(=C)C.C=C[N+](C)(CC)CCCCCCCC.CC.CC.CCC.[CH2-]CC.[V]. The van der Waals surface area contributed by atoms with E-state index in [9.17, 15) is 0 Å². The molecule has 0 bridgehead atoms. The van der Waals surface area contributed by atoms with Gasteiger partial charge < -0.3 is 11.4 Å². The molecule has 0 aliphatic carbocycles. The third kappa shape index (κ3) is 69.9. The molecule has 1 unspecified atom stereocenters. The van der Waals surface area contributed by atoms with Crippen LogP contribution in [0.1, 0.15) is 133 Å². The molecule has 0 aliphatic rings. The van der Waals surface area contributed by atoms with Crippen LogP contribution in [0.2, 0.25) is 0 Å². The number of hydrogen-bond donors (Lipinski definition) is 0. The van der Waals surface area contributed by atoms with E-state index in [-0.39, 0.29) is 18.6 Å². The Morgan fingerprint density at radius 3 is 1.47 bits per heavy atom. The minimum absolute atomic E-state index is 0. The first-order valence-corrected chi connectivity index (χ1v) is 13.3. The summed E-state index contributed by atoms with van der Waals surface area (Å²) < 4.78 is 1.02. The molecule has 0 saturated heterocycles. The van der Waals surface area contributed by atoms with Gasteiger partial charge in [0.25, 0.3) is 0 Å². The molecule has 0 fully saturated rings. The maximum atomic E-state index is 3.90. The molecule has 0 aliphatic heterocycles. The fourth-order valence-electron chi connectivity index (χ4n) is 1.98. The van der Waals surface area contributed by atoms with Crippen LogP contribution in [0.4, 0.5) is 0 Å². The van der Waals surface area contributed by atoms with Crippen LogP contribution in [0.3, 0.4) is 0 Å². The van der Waals surface area contributed by atoms with Crippen LogP contribution >= 0.6 is 0 Å². The van der Waals surface area contributed by atoms with Crippen molar-refractivity contribution in [3.05, 3.63) is 44.5 Å². The smallest absolute Gasteiger partial charge is 0.0883 e. The number of rotatable bonds is 12. The van der Waals surface area contributed by atoms with E-state index in [4.69, 9.17) is 0 Å². The summed E-state index contributed by atoms with van der Waals surface area (Å²) in [6.07, 6.45) is 16.7. The maximum Gasteiger partial charge on any atom is 0.0883 e. The summed E-state index contributed by atoms with van der Waals surface area (Å²) in [6.45, 7) is 37.9. The number of quaternary nitrogens is 1. The van der Waals surface area contributed by atoms with Gasteiger partial charge in [-0.05, 0) is 46.1 Å². The largest absolute Gasteiger partial charge is 0.344 e. The molecule has 0 aromatic heterocycles. The first kappa shape index (κ1) is 49.0. The van der Waals surface area contributed by atoms with Crippen molar-refractivity contribution >= 4 is 0 Å². The molecular weight excluding hydrogens is 425 g/mol. The van der Waals surface area contributed by atoms with Crippen molar-refractivity contribution in [2.45, 2.75) is 133 Å². The van der Waals surface area contributed by atoms with Gasteiger partial charge >= 0.3 is 0 Å². The van der Waals surface area contributed by atoms with E-state index in [0.717, 1.165) is 23.7 Å². The number of allylic oxidation sites excluding steroid dienone is 2. The van der Waals surface area contributed by atoms with Gasteiger partial charge in [0.1, 0.15) is 0 Å². The Balaban J connectivity index is -0.0000000583. The summed E-state index contributed by atoms with van der Waals surface area (Å²) in [5.41, 5.74) is 1.24. The van der Waals surface area contributed by atoms with Crippen LogP contribution in [0.5, 0.6) is 0 Å². The Morgan fingerprint density at radius 1 is 0.844 bits per heavy atom. The van der Waals surface area contributed by atoms with Crippen LogP contribution in [-0.2, 0) is 18.6 Å². The van der Waals surface area contributed by atoms with Gasteiger partial charge in [0.15, 0.2) is 0 Å². The van der Waals surface area contributed by atoms with Gasteiger partial charge in [0.2, 0.25) is 0 Å². The summed E-state index contributed by atoms with van der Waals surface area (Å²) in [4.78, 5) is 0. The topological polar surface area (TPSA) is 0 Å². The summed E-state index contributed by atoms with van der Waals surface area (Å²) >= 11 is 0. The molecule has 0 spiro atoms. The third-order valence-electron chi connectivity index (χ3n) is 3.96. The monoisotopic (exact) mass is 492 g/mol. The second-order valence-electron chi connectivity index (χ2n) is 7.46. The van der Waals surface area contributed by atoms with Crippen LogP contribution in [0, 0.1) is 6.92 Å². The summed E-state index contributed by atoms with van der Waals surface area (Å²) in [6, 6.07) is 0. The summed E-state index contributed by atoms with van der Waals surface area (Å²) in [7, 11) is 2.26. The van der Waals surface area contributed by atoms with Crippen molar-refractivity contribution in [1.82, 2.24) is 0 Å². The quantitative estimate of drug-likeness (QED) is 0.110. The standard InChI is InChI=1S/C13H28N.C7H12.C3H8.C3H7.2C2H6.V/c1-5-8-9-10-11-12-13-14(4,6-2)7-3;1-4-5-6-7(2)3;2*1-3-2;2*1-2;/h6H,2,5,7-13H2,1,3-4H3;4H,1-2,5-6H2,3H3;3H2,1-2H3;1,3H2,2H3;2*1-2H3;/q+1;;;-1;;;. The van der Waals surface area contributed by atoms with Gasteiger partial charge in [-0.1, -0.05) is 99.1 Å². The Hall–Kier alpha value is -0.236. The molecule has 0 amide bonds. The molecule has 2 heteroatoms. The molecule has 0 N–H and O–H groups in total. The summed E-state index contributed by atoms with van der Waals surface area (Å²) in [5, 5.41) is 0. The Labute approximate surface area is 220 Å². The molecular formula is C30H67NV. The molecule has 197 valence electrons. The Morgan fingerprint density at radius 2 is 1.22 bits per heavy atom. The van der Waals surface area contributed by atoms with E-state index >= 15 is 0 Å². The second kappa shape index (κ2) is 52.6. The molecule has 0 rings (SSSR count). The van der Waals surface area contributed by atoms with Gasteiger partial charge in [-0.3, -0.25) is 0 Å². The molecule has 32 heavy (non-hydrogen) atoms. The number of nitrogens with zero attached hydrogens (tertiary/aromatic N) is 1. The first-order valence-electron chi connectivity index (χ1n) is 13.3. The van der Waals surface area contributed by atoms with Crippen LogP contribution in [0.25, 0.3) is 0 Å². The van der Waals surface area contributed by atoms with Gasteiger partial charge in [0, 0.05) is 18.6 Å². The molecule has 1 nitrogen and oxygen atoms in total. The summed E-state index contributed by atoms with van der Waals surface area (Å²) in [5.74, 6) is 0. The van der Waals surface area contributed by atoms with E-state index < -0.39 is 0 Å². The van der Waals surface area contributed by atoms with Gasteiger partial charge in [-0.25, -0.2) is 0 Å². The van der Waals surface area contributed by atoms with E-state index in [1.807, 2.05) is 47.6 Å². The van der Waals surface area contributed by atoms with Crippen LogP contribution < -0.4 is 0 Å². The minimum Gasteiger partial charge on any atom is -0.344 e.